The van der Waals surface area contributed by atoms with Crippen molar-refractivity contribution in [3.8, 4) is 6.07 Å². The molecule has 4 nitrogen and oxygen atoms in total. The highest BCUT2D eigenvalue weighted by molar-refractivity contribution is 7.16. The number of halogens is 1. The molecule has 104 valence electrons. The SMILES string of the molecule is CCCN(CC1CCCCN1)c1nc(Cl)c(C#N)s1. The van der Waals surface area contributed by atoms with Gasteiger partial charge in [-0.2, -0.15) is 5.26 Å². The van der Waals surface area contributed by atoms with Gasteiger partial charge in [-0.15, -0.1) is 0 Å². The second kappa shape index (κ2) is 7.09. The molecule has 2 heterocycles. The van der Waals surface area contributed by atoms with Crippen LogP contribution in [0.15, 0.2) is 0 Å². The van der Waals surface area contributed by atoms with Crippen LogP contribution in [0.2, 0.25) is 5.15 Å². The van der Waals surface area contributed by atoms with Crippen LogP contribution >= 0.6 is 22.9 Å². The maximum absolute atomic E-state index is 8.97. The van der Waals surface area contributed by atoms with E-state index in [0.717, 1.165) is 31.2 Å². The number of thiazole rings is 1. The van der Waals surface area contributed by atoms with Crippen LogP contribution in [0.25, 0.3) is 0 Å². The molecule has 19 heavy (non-hydrogen) atoms. The summed E-state index contributed by atoms with van der Waals surface area (Å²) in [6, 6.07) is 2.62. The predicted molar refractivity (Wildman–Crippen MR) is 80.0 cm³/mol. The summed E-state index contributed by atoms with van der Waals surface area (Å²) in [7, 11) is 0. The van der Waals surface area contributed by atoms with Gasteiger partial charge in [0.1, 0.15) is 10.9 Å². The average molecular weight is 299 g/mol. The first-order chi connectivity index (χ1) is 9.24. The molecule has 0 aliphatic carbocycles. The number of hydrogen-bond donors (Lipinski definition) is 1. The van der Waals surface area contributed by atoms with Crippen molar-refractivity contribution in [2.45, 2.75) is 38.6 Å². The first-order valence-corrected chi connectivity index (χ1v) is 7.98. The van der Waals surface area contributed by atoms with Crippen LogP contribution in [0.1, 0.15) is 37.5 Å². The second-order valence-electron chi connectivity index (χ2n) is 4.82. The minimum Gasteiger partial charge on any atom is -0.346 e. The summed E-state index contributed by atoms with van der Waals surface area (Å²) in [5.74, 6) is 0. The van der Waals surface area contributed by atoms with E-state index in [2.05, 4.69) is 28.2 Å². The van der Waals surface area contributed by atoms with Crippen molar-refractivity contribution in [2.75, 3.05) is 24.5 Å². The third-order valence-corrected chi connectivity index (χ3v) is 4.70. The normalized spacial score (nSPS) is 19.1. The third kappa shape index (κ3) is 3.82. The number of piperidine rings is 1. The van der Waals surface area contributed by atoms with E-state index in [1.807, 2.05) is 0 Å². The summed E-state index contributed by atoms with van der Waals surface area (Å²) in [6.45, 7) is 5.16. The van der Waals surface area contributed by atoms with Gasteiger partial charge in [0, 0.05) is 19.1 Å². The van der Waals surface area contributed by atoms with Crippen molar-refractivity contribution in [1.82, 2.24) is 10.3 Å². The van der Waals surface area contributed by atoms with Crippen LogP contribution in [0.5, 0.6) is 0 Å². The number of aromatic nitrogens is 1. The van der Waals surface area contributed by atoms with E-state index in [0.29, 0.717) is 16.1 Å². The van der Waals surface area contributed by atoms with E-state index in [1.54, 1.807) is 0 Å². The summed E-state index contributed by atoms with van der Waals surface area (Å²) >= 11 is 7.36. The van der Waals surface area contributed by atoms with Crippen LogP contribution in [0, 0.1) is 11.3 Å². The Morgan fingerprint density at radius 1 is 1.58 bits per heavy atom. The van der Waals surface area contributed by atoms with Crippen molar-refractivity contribution >= 4 is 28.1 Å². The molecule has 1 aromatic heterocycles. The fourth-order valence-corrected chi connectivity index (χ4v) is 3.45. The largest absolute Gasteiger partial charge is 0.346 e. The molecule has 1 aliphatic rings. The molecule has 0 saturated carbocycles. The van der Waals surface area contributed by atoms with Crippen LogP contribution in [0.3, 0.4) is 0 Å². The van der Waals surface area contributed by atoms with E-state index in [9.17, 15) is 0 Å². The van der Waals surface area contributed by atoms with Crippen LogP contribution in [-0.2, 0) is 0 Å². The van der Waals surface area contributed by atoms with Gasteiger partial charge in [-0.3, -0.25) is 0 Å². The topological polar surface area (TPSA) is 52.0 Å². The molecule has 1 N–H and O–H groups in total. The molecule has 1 fully saturated rings. The molecular formula is C13H19ClN4S. The van der Waals surface area contributed by atoms with E-state index in [1.165, 1.54) is 30.6 Å². The first-order valence-electron chi connectivity index (χ1n) is 6.79. The summed E-state index contributed by atoms with van der Waals surface area (Å²) in [4.78, 5) is 7.08. The zero-order valence-corrected chi connectivity index (χ0v) is 12.7. The number of hydrogen-bond acceptors (Lipinski definition) is 5. The lowest BCUT2D eigenvalue weighted by Gasteiger charge is -2.30. The fourth-order valence-electron chi connectivity index (χ4n) is 2.38. The highest BCUT2D eigenvalue weighted by Crippen LogP contribution is 2.29. The first kappa shape index (κ1) is 14.6. The fraction of sp³-hybridized carbons (Fsp3) is 0.692. The number of nitrogens with zero attached hydrogens (tertiary/aromatic N) is 3. The maximum atomic E-state index is 8.97. The maximum Gasteiger partial charge on any atom is 0.188 e. The van der Waals surface area contributed by atoms with Crippen molar-refractivity contribution in [2.24, 2.45) is 0 Å². The van der Waals surface area contributed by atoms with Gasteiger partial charge >= 0.3 is 0 Å². The molecule has 2 rings (SSSR count). The minimum absolute atomic E-state index is 0.334. The van der Waals surface area contributed by atoms with Crippen molar-refractivity contribution in [3.63, 3.8) is 0 Å². The highest BCUT2D eigenvalue weighted by Gasteiger charge is 2.20. The number of nitrogens with one attached hydrogen (secondary N) is 1. The molecule has 1 unspecified atom stereocenters. The lowest BCUT2D eigenvalue weighted by molar-refractivity contribution is 0.399. The molecule has 1 atom stereocenters. The molecule has 0 bridgehead atoms. The standard InChI is InChI=1S/C13H19ClN4S/c1-2-7-18(9-10-5-3-4-6-16-10)13-17-12(14)11(8-15)19-13/h10,16H,2-7,9H2,1H3. The zero-order chi connectivity index (χ0) is 13.7. The van der Waals surface area contributed by atoms with E-state index in [4.69, 9.17) is 16.9 Å². The number of anilines is 1. The lowest BCUT2D eigenvalue weighted by Crippen LogP contribution is -2.44. The second-order valence-corrected chi connectivity index (χ2v) is 6.16. The monoisotopic (exact) mass is 298 g/mol. The van der Waals surface area contributed by atoms with Gasteiger partial charge in [-0.1, -0.05) is 36.3 Å². The summed E-state index contributed by atoms with van der Waals surface area (Å²) < 4.78 is 0. The Hall–Kier alpha value is -0.830. The summed E-state index contributed by atoms with van der Waals surface area (Å²) in [6.07, 6.45) is 4.84. The Kier molecular flexibility index (Phi) is 5.44. The highest BCUT2D eigenvalue weighted by atomic mass is 35.5. The molecule has 1 aliphatic heterocycles. The molecular weight excluding hydrogens is 280 g/mol. The van der Waals surface area contributed by atoms with Gasteiger partial charge in [-0.05, 0) is 25.8 Å². The Balaban J connectivity index is 2.07. The summed E-state index contributed by atoms with van der Waals surface area (Å²) in [5.41, 5.74) is 0. The van der Waals surface area contributed by atoms with Gasteiger partial charge in [0.2, 0.25) is 0 Å². The van der Waals surface area contributed by atoms with Crippen molar-refractivity contribution in [3.05, 3.63) is 10.0 Å². The van der Waals surface area contributed by atoms with Crippen LogP contribution in [0.4, 0.5) is 5.13 Å². The predicted octanol–water partition coefficient (Wildman–Crippen LogP) is 3.03. The van der Waals surface area contributed by atoms with Crippen LogP contribution < -0.4 is 10.2 Å². The van der Waals surface area contributed by atoms with Gasteiger partial charge in [0.25, 0.3) is 0 Å². The van der Waals surface area contributed by atoms with Gasteiger partial charge in [-0.25, -0.2) is 4.98 Å². The van der Waals surface area contributed by atoms with Gasteiger partial charge in [0.05, 0.1) is 0 Å². The van der Waals surface area contributed by atoms with Crippen molar-refractivity contribution in [1.29, 1.82) is 5.26 Å². The van der Waals surface area contributed by atoms with Crippen molar-refractivity contribution < 1.29 is 0 Å². The molecule has 0 amide bonds. The van der Waals surface area contributed by atoms with Gasteiger partial charge in [0.15, 0.2) is 10.3 Å². The Bertz CT molecular complexity index is 448. The van der Waals surface area contributed by atoms with Crippen LogP contribution in [-0.4, -0.2) is 30.7 Å². The lowest BCUT2D eigenvalue weighted by atomic mass is 10.0. The van der Waals surface area contributed by atoms with E-state index >= 15 is 0 Å². The zero-order valence-electron chi connectivity index (χ0n) is 11.2. The Labute approximate surface area is 123 Å². The Morgan fingerprint density at radius 2 is 2.42 bits per heavy atom. The van der Waals surface area contributed by atoms with Gasteiger partial charge < -0.3 is 10.2 Å². The molecule has 1 aromatic rings. The number of nitriles is 1. The summed E-state index contributed by atoms with van der Waals surface area (Å²) in [5, 5.41) is 13.7. The number of rotatable bonds is 5. The molecule has 0 radical (unpaired) electrons. The van der Waals surface area contributed by atoms with E-state index < -0.39 is 0 Å². The molecule has 0 aromatic carbocycles. The molecule has 0 spiro atoms. The third-order valence-electron chi connectivity index (χ3n) is 3.29. The van der Waals surface area contributed by atoms with E-state index in [-0.39, 0.29) is 0 Å². The quantitative estimate of drug-likeness (QED) is 0.908. The minimum atomic E-state index is 0.334. The Morgan fingerprint density at radius 3 is 3.00 bits per heavy atom. The molecule has 6 heteroatoms. The molecule has 1 saturated heterocycles. The smallest absolute Gasteiger partial charge is 0.188 e. The average Bonchev–Trinajstić information content (AvgIpc) is 2.81.